The molecule has 4 heteroatoms. The Morgan fingerprint density at radius 2 is 1.64 bits per heavy atom. The normalized spacial score (nSPS) is 17.7. The molecule has 0 spiro atoms. The number of carbonyl (C=O) groups excluding carboxylic acids is 1. The Labute approximate surface area is 130 Å². The van der Waals surface area contributed by atoms with Gasteiger partial charge in [0, 0.05) is 12.0 Å². The Morgan fingerprint density at radius 3 is 2.23 bits per heavy atom. The molecule has 0 aromatic heterocycles. The first-order valence-corrected chi connectivity index (χ1v) is 7.35. The fourth-order valence-corrected chi connectivity index (χ4v) is 2.60. The smallest absolute Gasteiger partial charge is 0.275 e. The van der Waals surface area contributed by atoms with Gasteiger partial charge in [0.05, 0.1) is 5.71 Å². The van der Waals surface area contributed by atoms with Gasteiger partial charge in [0.25, 0.3) is 5.91 Å². The lowest BCUT2D eigenvalue weighted by molar-refractivity contribution is 0.0535. The van der Waals surface area contributed by atoms with Gasteiger partial charge in [0.1, 0.15) is 6.17 Å². The van der Waals surface area contributed by atoms with Crippen LogP contribution in [0.2, 0.25) is 0 Å². The number of rotatable bonds is 3. The molecule has 1 amide bonds. The van der Waals surface area contributed by atoms with Gasteiger partial charge in [-0.1, -0.05) is 48.5 Å². The van der Waals surface area contributed by atoms with Crippen LogP contribution < -0.4 is 0 Å². The number of carbonyl (C=O) groups is 1. The third kappa shape index (κ3) is 2.78. The standard InChI is InChI=1S/C18H19N3O/c1-20(2)17-13-16(14-9-5-3-6-10-14)19-21(17)18(22)15-11-7-4-8-12-15/h3-12,17H,13H2,1-2H3. The van der Waals surface area contributed by atoms with Crippen molar-refractivity contribution in [2.45, 2.75) is 12.6 Å². The predicted molar refractivity (Wildman–Crippen MR) is 87.7 cm³/mol. The van der Waals surface area contributed by atoms with E-state index in [0.717, 1.165) is 17.7 Å². The zero-order valence-corrected chi connectivity index (χ0v) is 12.8. The van der Waals surface area contributed by atoms with Crippen molar-refractivity contribution in [1.29, 1.82) is 0 Å². The number of hydrogen-bond donors (Lipinski definition) is 0. The molecule has 0 aliphatic carbocycles. The second-order valence-corrected chi connectivity index (χ2v) is 5.58. The highest BCUT2D eigenvalue weighted by Gasteiger charge is 2.33. The van der Waals surface area contributed by atoms with Crippen molar-refractivity contribution in [2.75, 3.05) is 14.1 Å². The van der Waals surface area contributed by atoms with Gasteiger partial charge in [0.15, 0.2) is 0 Å². The fraction of sp³-hybridized carbons (Fsp3) is 0.222. The van der Waals surface area contributed by atoms with Gasteiger partial charge in [-0.15, -0.1) is 0 Å². The van der Waals surface area contributed by atoms with Crippen LogP contribution in [0.3, 0.4) is 0 Å². The van der Waals surface area contributed by atoms with Crippen molar-refractivity contribution in [3.63, 3.8) is 0 Å². The van der Waals surface area contributed by atoms with E-state index in [2.05, 4.69) is 5.10 Å². The summed E-state index contributed by atoms with van der Waals surface area (Å²) in [5, 5.41) is 6.19. The molecule has 0 bridgehead atoms. The highest BCUT2D eigenvalue weighted by atomic mass is 16.2. The first-order chi connectivity index (χ1) is 10.7. The van der Waals surface area contributed by atoms with Crippen LogP contribution in [0.1, 0.15) is 22.3 Å². The molecule has 1 atom stereocenters. The summed E-state index contributed by atoms with van der Waals surface area (Å²) in [6, 6.07) is 19.3. The molecule has 3 rings (SSSR count). The molecule has 1 heterocycles. The van der Waals surface area contributed by atoms with E-state index in [1.165, 1.54) is 0 Å². The molecule has 0 saturated heterocycles. The van der Waals surface area contributed by atoms with E-state index < -0.39 is 0 Å². The minimum absolute atomic E-state index is 0.0529. The fourth-order valence-electron chi connectivity index (χ4n) is 2.60. The van der Waals surface area contributed by atoms with E-state index in [9.17, 15) is 4.79 Å². The third-order valence-corrected chi connectivity index (χ3v) is 3.82. The van der Waals surface area contributed by atoms with Gasteiger partial charge in [-0.2, -0.15) is 5.10 Å². The average Bonchev–Trinajstić information content (AvgIpc) is 3.01. The van der Waals surface area contributed by atoms with Crippen LogP contribution in [0, 0.1) is 0 Å². The number of benzene rings is 2. The van der Waals surface area contributed by atoms with Gasteiger partial charge in [-0.3, -0.25) is 9.69 Å². The summed E-state index contributed by atoms with van der Waals surface area (Å²) in [4.78, 5) is 14.8. The van der Waals surface area contributed by atoms with Gasteiger partial charge in [-0.25, -0.2) is 5.01 Å². The predicted octanol–water partition coefficient (Wildman–Crippen LogP) is 2.82. The van der Waals surface area contributed by atoms with Gasteiger partial charge in [-0.05, 0) is 31.8 Å². The molecule has 1 unspecified atom stereocenters. The molecule has 0 radical (unpaired) electrons. The van der Waals surface area contributed by atoms with Crippen LogP contribution in [0.4, 0.5) is 0 Å². The van der Waals surface area contributed by atoms with Gasteiger partial charge >= 0.3 is 0 Å². The summed E-state index contributed by atoms with van der Waals surface area (Å²) < 4.78 is 0. The SMILES string of the molecule is CN(C)C1CC(c2ccccc2)=NN1C(=O)c1ccccc1. The summed E-state index contributed by atoms with van der Waals surface area (Å²) in [6.07, 6.45) is 0.679. The second kappa shape index (κ2) is 6.12. The van der Waals surface area contributed by atoms with E-state index in [1.54, 1.807) is 5.01 Å². The summed E-state index contributed by atoms with van der Waals surface area (Å²) in [7, 11) is 3.94. The maximum atomic E-state index is 12.7. The first-order valence-electron chi connectivity index (χ1n) is 7.35. The van der Waals surface area contributed by atoms with Crippen molar-refractivity contribution in [3.8, 4) is 0 Å². The summed E-state index contributed by atoms with van der Waals surface area (Å²) >= 11 is 0. The van der Waals surface area contributed by atoms with Crippen molar-refractivity contribution in [1.82, 2.24) is 9.91 Å². The number of nitrogens with zero attached hydrogens (tertiary/aromatic N) is 3. The lowest BCUT2D eigenvalue weighted by Gasteiger charge is -2.27. The molecule has 22 heavy (non-hydrogen) atoms. The van der Waals surface area contributed by atoms with E-state index in [1.807, 2.05) is 79.7 Å². The Kier molecular flexibility index (Phi) is 4.02. The number of hydrazone groups is 1. The van der Waals surface area contributed by atoms with Crippen molar-refractivity contribution < 1.29 is 4.79 Å². The third-order valence-electron chi connectivity index (χ3n) is 3.82. The Hall–Kier alpha value is -2.46. The molecule has 0 fully saturated rings. The molecule has 1 aliphatic heterocycles. The number of amides is 1. The lowest BCUT2D eigenvalue weighted by Crippen LogP contribution is -2.42. The summed E-state index contributed by atoms with van der Waals surface area (Å²) in [6.45, 7) is 0. The lowest BCUT2D eigenvalue weighted by atomic mass is 10.1. The molecule has 1 aliphatic rings. The van der Waals surface area contributed by atoms with Crippen LogP contribution >= 0.6 is 0 Å². The Balaban J connectivity index is 1.93. The van der Waals surface area contributed by atoms with Crippen LogP contribution in [0.15, 0.2) is 65.8 Å². The number of hydrogen-bond acceptors (Lipinski definition) is 3. The molecule has 0 N–H and O–H groups in total. The van der Waals surface area contributed by atoms with Crippen molar-refractivity contribution in [2.24, 2.45) is 5.10 Å². The van der Waals surface area contributed by atoms with E-state index in [0.29, 0.717) is 5.56 Å². The van der Waals surface area contributed by atoms with Crippen LogP contribution in [0.5, 0.6) is 0 Å². The highest BCUT2D eigenvalue weighted by molar-refractivity contribution is 6.04. The molecular formula is C18H19N3O. The quantitative estimate of drug-likeness (QED) is 0.872. The zero-order valence-electron chi connectivity index (χ0n) is 12.8. The molecular weight excluding hydrogens is 274 g/mol. The topological polar surface area (TPSA) is 35.9 Å². The van der Waals surface area contributed by atoms with Crippen molar-refractivity contribution >= 4 is 11.6 Å². The first kappa shape index (κ1) is 14.5. The average molecular weight is 293 g/mol. The van der Waals surface area contributed by atoms with E-state index in [4.69, 9.17) is 0 Å². The Morgan fingerprint density at radius 1 is 1.05 bits per heavy atom. The van der Waals surface area contributed by atoms with Gasteiger partial charge in [0.2, 0.25) is 0 Å². The summed E-state index contributed by atoms with van der Waals surface area (Å²) in [5.74, 6) is -0.0646. The molecule has 2 aromatic rings. The van der Waals surface area contributed by atoms with Crippen LogP contribution in [-0.4, -0.2) is 41.8 Å². The molecule has 4 nitrogen and oxygen atoms in total. The van der Waals surface area contributed by atoms with Crippen LogP contribution in [-0.2, 0) is 0 Å². The van der Waals surface area contributed by atoms with E-state index >= 15 is 0 Å². The largest absolute Gasteiger partial charge is 0.288 e. The van der Waals surface area contributed by atoms with E-state index in [-0.39, 0.29) is 12.1 Å². The van der Waals surface area contributed by atoms with Crippen molar-refractivity contribution in [3.05, 3.63) is 71.8 Å². The summed E-state index contributed by atoms with van der Waals surface area (Å²) in [5.41, 5.74) is 2.67. The maximum Gasteiger partial charge on any atom is 0.275 e. The monoisotopic (exact) mass is 293 g/mol. The molecule has 2 aromatic carbocycles. The minimum Gasteiger partial charge on any atom is -0.288 e. The highest BCUT2D eigenvalue weighted by Crippen LogP contribution is 2.23. The molecule has 0 saturated carbocycles. The zero-order chi connectivity index (χ0) is 15.5. The van der Waals surface area contributed by atoms with Gasteiger partial charge < -0.3 is 0 Å². The second-order valence-electron chi connectivity index (χ2n) is 5.58. The molecule has 112 valence electrons. The minimum atomic E-state index is -0.0646. The van der Waals surface area contributed by atoms with Crippen LogP contribution in [0.25, 0.3) is 0 Å². The Bertz CT molecular complexity index is 680. The maximum absolute atomic E-state index is 12.7.